The van der Waals surface area contributed by atoms with Crippen molar-refractivity contribution in [2.75, 3.05) is 5.32 Å². The molecule has 0 aromatic heterocycles. The second kappa shape index (κ2) is 4.94. The molecule has 1 aromatic rings. The topological polar surface area (TPSA) is 127 Å². The van der Waals surface area contributed by atoms with Crippen molar-refractivity contribution >= 4 is 34.2 Å². The van der Waals surface area contributed by atoms with Gasteiger partial charge in [-0.2, -0.15) is 0 Å². The minimum Gasteiger partial charge on any atom is -0.362 e. The monoisotopic (exact) mass is 277 g/mol. The van der Waals surface area contributed by atoms with Gasteiger partial charge < -0.3 is 24.9 Å². The van der Waals surface area contributed by atoms with E-state index in [1.807, 2.05) is 0 Å². The van der Waals surface area contributed by atoms with Gasteiger partial charge in [-0.3, -0.25) is 9.13 Å². The molecule has 0 spiro atoms. The zero-order valence-electron chi connectivity index (χ0n) is 8.46. The maximum Gasteiger partial charge on any atom is 0.360 e. The first-order valence-corrected chi connectivity index (χ1v) is 7.69. The number of nitrogens with one attached hydrogen (secondary N) is 1. The fraction of sp³-hybridized carbons (Fsp3) is 0.143. The minimum absolute atomic E-state index is 0.113. The molecule has 5 N–H and O–H groups in total. The Morgan fingerprint density at radius 3 is 2.06 bits per heavy atom. The molecule has 0 saturated heterocycles. The van der Waals surface area contributed by atoms with Gasteiger partial charge >= 0.3 is 15.2 Å². The van der Waals surface area contributed by atoms with E-state index in [4.69, 9.17) is 27.4 Å². The molecular weight excluding hydrogens is 267 g/mol. The predicted octanol–water partition coefficient (Wildman–Crippen LogP) is -0.469. The fourth-order valence-electron chi connectivity index (χ4n) is 1.14. The molecule has 0 bridgehead atoms. The summed E-state index contributed by atoms with van der Waals surface area (Å²) in [6.07, 6.45) is 0. The molecule has 0 saturated carbocycles. The molecule has 17 heavy (non-hydrogen) atoms. The van der Waals surface area contributed by atoms with Crippen LogP contribution in [0.25, 0.3) is 0 Å². The average molecular weight is 277 g/mol. The summed E-state index contributed by atoms with van der Waals surface area (Å²) < 4.78 is 22.0. The van der Waals surface area contributed by atoms with E-state index < -0.39 is 20.7 Å². The first kappa shape index (κ1) is 14.4. The van der Waals surface area contributed by atoms with Gasteiger partial charge in [-0.15, -0.1) is 0 Å². The van der Waals surface area contributed by atoms with Gasteiger partial charge in [0, 0.05) is 5.69 Å². The van der Waals surface area contributed by atoms with Crippen molar-refractivity contribution in [3.63, 3.8) is 0 Å². The van der Waals surface area contributed by atoms with Crippen LogP contribution in [0.2, 0.25) is 0 Å². The second-order valence-electron chi connectivity index (χ2n) is 3.32. The molecule has 0 atom stereocenters. The van der Waals surface area contributed by atoms with Gasteiger partial charge in [0.15, 0.2) is 0 Å². The highest BCUT2D eigenvalue weighted by molar-refractivity contribution is 7.71. The molecule has 0 heterocycles. The van der Waals surface area contributed by atoms with E-state index in [1.54, 1.807) is 0 Å². The SMILES string of the molecule is [B]c1cccc(NC(P(=O)(O)O)P(=O)(O)O)c1. The van der Waals surface area contributed by atoms with Crippen molar-refractivity contribution in [2.45, 2.75) is 5.52 Å². The first-order chi connectivity index (χ1) is 7.60. The lowest BCUT2D eigenvalue weighted by molar-refractivity contribution is 0.343. The van der Waals surface area contributed by atoms with E-state index in [0.29, 0.717) is 5.46 Å². The number of benzene rings is 1. The number of hydrogen-bond acceptors (Lipinski definition) is 3. The van der Waals surface area contributed by atoms with Crippen LogP contribution in [-0.4, -0.2) is 32.9 Å². The molecule has 0 aliphatic carbocycles. The minimum atomic E-state index is -4.99. The Morgan fingerprint density at radius 1 is 1.12 bits per heavy atom. The molecular formula is C7H10BNO6P2. The smallest absolute Gasteiger partial charge is 0.360 e. The Kier molecular flexibility index (Phi) is 4.20. The van der Waals surface area contributed by atoms with Crippen LogP contribution in [0.1, 0.15) is 0 Å². The highest BCUT2D eigenvalue weighted by Crippen LogP contribution is 2.59. The second-order valence-corrected chi connectivity index (χ2v) is 7.12. The molecule has 10 heteroatoms. The summed E-state index contributed by atoms with van der Waals surface area (Å²) in [6.45, 7) is 0. The van der Waals surface area contributed by atoms with E-state index in [9.17, 15) is 9.13 Å². The standard InChI is InChI=1S/C7H10BNO6P2/c8-5-2-1-3-6(4-5)9-7(16(10,11)12)17(13,14)15/h1-4,7,9H,(H2,10,11,12)(H2,13,14,15). The zero-order valence-corrected chi connectivity index (χ0v) is 10.3. The van der Waals surface area contributed by atoms with Crippen molar-refractivity contribution < 1.29 is 28.7 Å². The average Bonchev–Trinajstić information content (AvgIpc) is 2.10. The summed E-state index contributed by atoms with van der Waals surface area (Å²) in [5.74, 6) is 0. The van der Waals surface area contributed by atoms with Crippen molar-refractivity contribution in [1.29, 1.82) is 0 Å². The highest BCUT2D eigenvalue weighted by atomic mass is 31.2. The Labute approximate surface area is 98.6 Å². The summed E-state index contributed by atoms with van der Waals surface area (Å²) in [5, 5.41) is 2.09. The summed E-state index contributed by atoms with van der Waals surface area (Å²) in [4.78, 5) is 35.5. The van der Waals surface area contributed by atoms with Crippen LogP contribution in [0, 0.1) is 0 Å². The van der Waals surface area contributed by atoms with Gasteiger partial charge in [0.1, 0.15) is 7.85 Å². The van der Waals surface area contributed by atoms with Crippen LogP contribution in [-0.2, 0) is 9.13 Å². The van der Waals surface area contributed by atoms with Crippen LogP contribution in [0.4, 0.5) is 5.69 Å². The Balaban J connectivity index is 3.04. The lowest BCUT2D eigenvalue weighted by Gasteiger charge is -2.21. The van der Waals surface area contributed by atoms with Crippen LogP contribution >= 0.6 is 15.2 Å². The highest BCUT2D eigenvalue weighted by Gasteiger charge is 2.43. The quantitative estimate of drug-likeness (QED) is 0.372. The normalized spacial score (nSPS) is 12.8. The summed E-state index contributed by atoms with van der Waals surface area (Å²) in [6, 6.07) is 5.69. The van der Waals surface area contributed by atoms with Gasteiger partial charge in [-0.25, -0.2) is 0 Å². The molecule has 1 aromatic carbocycles. The Bertz CT molecular complexity index is 475. The van der Waals surface area contributed by atoms with E-state index >= 15 is 0 Å². The van der Waals surface area contributed by atoms with Gasteiger partial charge in [0.25, 0.3) is 0 Å². The molecule has 0 aliphatic rings. The largest absolute Gasteiger partial charge is 0.362 e. The van der Waals surface area contributed by atoms with Crippen LogP contribution in [0.15, 0.2) is 24.3 Å². The van der Waals surface area contributed by atoms with E-state index in [0.717, 1.165) is 0 Å². The van der Waals surface area contributed by atoms with Gasteiger partial charge in [0.05, 0.1) is 0 Å². The third-order valence-corrected chi connectivity index (χ3v) is 5.16. The molecule has 0 unspecified atom stereocenters. The van der Waals surface area contributed by atoms with Crippen molar-refractivity contribution in [2.24, 2.45) is 0 Å². The predicted molar refractivity (Wildman–Crippen MR) is 63.3 cm³/mol. The number of anilines is 1. The first-order valence-electron chi connectivity index (χ1n) is 4.33. The van der Waals surface area contributed by atoms with E-state index in [2.05, 4.69) is 5.32 Å². The molecule has 2 radical (unpaired) electrons. The Hall–Kier alpha value is -0.615. The molecule has 1 rings (SSSR count). The Morgan fingerprint density at radius 2 is 1.65 bits per heavy atom. The van der Waals surface area contributed by atoms with Crippen molar-refractivity contribution in [3.8, 4) is 0 Å². The van der Waals surface area contributed by atoms with Gasteiger partial charge in [0.2, 0.25) is 5.52 Å². The molecule has 0 aliphatic heterocycles. The molecule has 0 amide bonds. The van der Waals surface area contributed by atoms with E-state index in [1.165, 1.54) is 24.3 Å². The fourth-order valence-corrected chi connectivity index (χ4v) is 3.34. The maximum absolute atomic E-state index is 11.0. The lowest BCUT2D eigenvalue weighted by atomic mass is 9.96. The third kappa shape index (κ3) is 4.28. The number of hydrogen-bond donors (Lipinski definition) is 5. The van der Waals surface area contributed by atoms with Crippen LogP contribution < -0.4 is 10.8 Å². The van der Waals surface area contributed by atoms with Gasteiger partial charge in [-0.05, 0) is 12.1 Å². The molecule has 0 fully saturated rings. The van der Waals surface area contributed by atoms with E-state index in [-0.39, 0.29) is 5.69 Å². The molecule has 7 nitrogen and oxygen atoms in total. The van der Waals surface area contributed by atoms with Crippen LogP contribution in [0.3, 0.4) is 0 Å². The van der Waals surface area contributed by atoms with Gasteiger partial charge in [-0.1, -0.05) is 17.6 Å². The van der Waals surface area contributed by atoms with Crippen molar-refractivity contribution in [1.82, 2.24) is 0 Å². The van der Waals surface area contributed by atoms with Crippen molar-refractivity contribution in [3.05, 3.63) is 24.3 Å². The molecule has 92 valence electrons. The summed E-state index contributed by atoms with van der Waals surface area (Å²) in [5.41, 5.74) is -1.87. The summed E-state index contributed by atoms with van der Waals surface area (Å²) in [7, 11) is -4.56. The lowest BCUT2D eigenvalue weighted by Crippen LogP contribution is -2.20. The summed E-state index contributed by atoms with van der Waals surface area (Å²) >= 11 is 0. The zero-order chi connectivity index (χ0) is 13.3. The number of rotatable bonds is 4. The third-order valence-electron chi connectivity index (χ3n) is 1.82. The maximum atomic E-state index is 11.0. The van der Waals surface area contributed by atoms with Crippen LogP contribution in [0.5, 0.6) is 0 Å².